The first kappa shape index (κ1) is 44.7. The van der Waals surface area contributed by atoms with Gasteiger partial charge in [-0.15, -0.1) is 0 Å². The van der Waals surface area contributed by atoms with Gasteiger partial charge in [-0.2, -0.15) is 0 Å². The fraction of sp³-hybridized carbons (Fsp3) is 0.642. The lowest BCUT2D eigenvalue weighted by molar-refractivity contribution is -0.107. The summed E-state index contributed by atoms with van der Waals surface area (Å²) in [5.74, 6) is 13.2. The predicted molar refractivity (Wildman–Crippen MR) is 299 cm³/mol. The Balaban J connectivity index is 0.935. The molecule has 16 atom stereocenters. The molecule has 0 spiro atoms. The van der Waals surface area contributed by atoms with E-state index < -0.39 is 0 Å². The van der Waals surface area contributed by atoms with E-state index in [2.05, 4.69) is 170 Å². The molecule has 0 aromatic heterocycles. The summed E-state index contributed by atoms with van der Waals surface area (Å²) in [4.78, 5) is 0. The van der Waals surface area contributed by atoms with Crippen LogP contribution in [0.5, 0.6) is 0 Å². The van der Waals surface area contributed by atoms with Gasteiger partial charge in [0.1, 0.15) is 0 Å². The fourth-order valence-corrected chi connectivity index (χ4v) is 22.0. The summed E-state index contributed by atoms with van der Waals surface area (Å²) in [6.07, 6.45) is 11.5. The monoisotopic (exact) mass is 913 g/mol. The Morgan fingerprint density at radius 1 is 0.377 bits per heavy atom. The maximum Gasteiger partial charge on any atom is 0.183 e. The van der Waals surface area contributed by atoms with Crippen LogP contribution in [0, 0.1) is 92.7 Å². The number of benzene rings is 5. The zero-order valence-corrected chi connectivity index (χ0v) is 45.5. The van der Waals surface area contributed by atoms with Crippen LogP contribution in [0.15, 0.2) is 72.8 Å². The van der Waals surface area contributed by atoms with Crippen molar-refractivity contribution in [1.82, 2.24) is 0 Å². The molecule has 12 fully saturated rings. The minimum atomic E-state index is -0.0976. The van der Waals surface area contributed by atoms with Gasteiger partial charge in [0, 0.05) is 5.41 Å². The van der Waals surface area contributed by atoms with Gasteiger partial charge in [0.05, 0.1) is 0 Å². The fourth-order valence-electron chi connectivity index (χ4n) is 22.0. The van der Waals surface area contributed by atoms with Crippen molar-refractivity contribution in [3.05, 3.63) is 83.9 Å². The van der Waals surface area contributed by atoms with Gasteiger partial charge in [-0.25, -0.2) is 0 Å². The molecule has 18 rings (SSSR count). The Labute approximate surface area is 419 Å². The maximum absolute atomic E-state index is 2.83. The van der Waals surface area contributed by atoms with E-state index in [1.54, 1.807) is 27.4 Å². The Bertz CT molecular complexity index is 2900. The maximum atomic E-state index is 2.83. The van der Waals surface area contributed by atoms with Gasteiger partial charge >= 0.3 is 0 Å². The second-order valence-electron chi connectivity index (χ2n) is 30.2. The van der Waals surface area contributed by atoms with E-state index in [1.807, 2.05) is 0 Å². The van der Waals surface area contributed by atoms with E-state index in [-0.39, 0.29) is 5.41 Å². The van der Waals surface area contributed by atoms with Crippen LogP contribution in [0.1, 0.15) is 159 Å². The molecule has 69 heavy (non-hydrogen) atoms. The Morgan fingerprint density at radius 3 is 1.28 bits per heavy atom. The third-order valence-corrected chi connectivity index (χ3v) is 27.0. The molecule has 12 saturated carbocycles. The minimum absolute atomic E-state index is 0.0976. The molecule has 0 radical (unpaired) electrons. The Hall–Kier alpha value is -2.99. The Morgan fingerprint density at radius 2 is 0.812 bits per heavy atom. The van der Waals surface area contributed by atoms with Crippen LogP contribution in [-0.4, -0.2) is 13.4 Å². The highest BCUT2D eigenvalue weighted by molar-refractivity contribution is 6.79. The van der Waals surface area contributed by atoms with Crippen molar-refractivity contribution in [3.8, 4) is 11.1 Å². The highest BCUT2D eigenvalue weighted by atomic mass is 14.6. The van der Waals surface area contributed by atoms with E-state index in [1.165, 1.54) is 89.4 Å². The normalized spacial score (nSPS) is 40.4. The second kappa shape index (κ2) is 14.2. The van der Waals surface area contributed by atoms with Crippen LogP contribution >= 0.6 is 0 Å². The lowest BCUT2D eigenvalue weighted by Crippen LogP contribution is -2.62. The van der Waals surface area contributed by atoms with Crippen LogP contribution in [0.2, 0.25) is 23.3 Å². The van der Waals surface area contributed by atoms with Crippen molar-refractivity contribution in [1.29, 1.82) is 0 Å². The van der Waals surface area contributed by atoms with Crippen molar-refractivity contribution >= 4 is 56.7 Å². The molecule has 13 aliphatic carbocycles. The van der Waals surface area contributed by atoms with Gasteiger partial charge in [0.2, 0.25) is 0 Å². The van der Waals surface area contributed by atoms with Crippen LogP contribution in [-0.2, 0) is 5.41 Å². The molecule has 8 bridgehead atoms. The molecular formula is C67H86B2. The average Bonchev–Trinajstić information content (AvgIpc) is 3.31. The third-order valence-electron chi connectivity index (χ3n) is 27.0. The van der Waals surface area contributed by atoms with Gasteiger partial charge in [-0.3, -0.25) is 0 Å². The molecule has 0 N–H and O–H groups in total. The highest BCUT2D eigenvalue weighted by Crippen LogP contribution is 2.72. The Kier molecular flexibility index (Phi) is 9.19. The molecule has 0 aliphatic heterocycles. The van der Waals surface area contributed by atoms with E-state index in [0.717, 1.165) is 94.3 Å². The van der Waals surface area contributed by atoms with Crippen molar-refractivity contribution in [2.75, 3.05) is 0 Å². The summed E-state index contributed by atoms with van der Waals surface area (Å²) < 4.78 is 0. The van der Waals surface area contributed by atoms with E-state index in [0.29, 0.717) is 35.1 Å². The van der Waals surface area contributed by atoms with Gasteiger partial charge in [0.25, 0.3) is 0 Å². The number of hydrogen-bond donors (Lipinski definition) is 0. The molecule has 0 saturated heterocycles. The smallest absolute Gasteiger partial charge is 0.0791 e. The quantitative estimate of drug-likeness (QED) is 0.118. The summed E-state index contributed by atoms with van der Waals surface area (Å²) >= 11 is 0. The summed E-state index contributed by atoms with van der Waals surface area (Å²) in [6.45, 7) is 38.1. The van der Waals surface area contributed by atoms with Crippen LogP contribution < -0.4 is 10.9 Å². The molecule has 5 aromatic rings. The summed E-state index contributed by atoms with van der Waals surface area (Å²) in [7, 11) is 0. The third kappa shape index (κ3) is 5.58. The molecule has 2 heteroatoms. The SMILES string of the molecule is CC1C(B(c2ccc3c(c2)C(C)(C)c2cccc4c2c-3cc2c3ccccc3c(B(C3CC5CC(C3C)C5(C)C)C3CC5CC(C3C)C5(C)C)cc42)C2CC3CC(C2C)C3(C)C)CC2CC1C2(C)C. The molecule has 0 heterocycles. The molecule has 5 aromatic carbocycles. The van der Waals surface area contributed by atoms with Crippen molar-refractivity contribution in [3.63, 3.8) is 0 Å². The summed E-state index contributed by atoms with van der Waals surface area (Å²) in [5.41, 5.74) is 11.4. The van der Waals surface area contributed by atoms with E-state index in [4.69, 9.17) is 0 Å². The minimum Gasteiger partial charge on any atom is -0.0791 e. The van der Waals surface area contributed by atoms with E-state index in [9.17, 15) is 0 Å². The summed E-state index contributed by atoms with van der Waals surface area (Å²) in [5, 5.41) is 9.04. The standard InChI is InChI=1S/C67H86B2/c1-35-52-24-39(63(52,5)6)28-57(35)68(58-29-40-25-53(36(58)2)64(40,7)8)43-22-23-45-50-33-48-44-18-15-16-19-46(44)61(34-49(48)47-20-17-21-51(62(47)50)67(13,14)56(45)32-43)69(59-30-41-26-54(37(59)3)65(41,9)10)60-31-42-27-55(38(60)4)66(42,11)12/h15-23,32-42,52-55,57-60H,24-31H2,1-14H3. The zero-order chi connectivity index (χ0) is 48.0. The first-order valence-electron chi connectivity index (χ1n) is 29.2. The second-order valence-corrected chi connectivity index (χ2v) is 30.2. The highest BCUT2D eigenvalue weighted by Gasteiger charge is 2.65. The molecular weight excluding hydrogens is 826 g/mol. The number of rotatable bonds is 6. The van der Waals surface area contributed by atoms with Crippen molar-refractivity contribution in [2.24, 2.45) is 92.7 Å². The van der Waals surface area contributed by atoms with Crippen LogP contribution in [0.4, 0.5) is 0 Å². The number of hydrogen-bond acceptors (Lipinski definition) is 0. The van der Waals surface area contributed by atoms with Crippen molar-refractivity contribution in [2.45, 2.75) is 177 Å². The van der Waals surface area contributed by atoms with E-state index >= 15 is 0 Å². The molecule has 360 valence electrons. The van der Waals surface area contributed by atoms with Crippen LogP contribution in [0.25, 0.3) is 43.4 Å². The topological polar surface area (TPSA) is 0 Å². The van der Waals surface area contributed by atoms with Crippen molar-refractivity contribution < 1.29 is 0 Å². The average molecular weight is 913 g/mol. The van der Waals surface area contributed by atoms with Gasteiger partial charge in [-0.05, 0) is 179 Å². The molecule has 16 unspecified atom stereocenters. The molecule has 0 amide bonds. The first-order chi connectivity index (χ1) is 32.6. The first-order valence-corrected chi connectivity index (χ1v) is 29.2. The van der Waals surface area contributed by atoms with Gasteiger partial charge < -0.3 is 0 Å². The van der Waals surface area contributed by atoms with Gasteiger partial charge in [-0.1, -0.05) is 224 Å². The van der Waals surface area contributed by atoms with Gasteiger partial charge in [0.15, 0.2) is 13.4 Å². The molecule has 0 nitrogen and oxygen atoms in total. The number of fused-ring (bicyclic) bond motifs is 14. The molecule has 13 aliphatic rings. The predicted octanol–water partition coefficient (Wildman–Crippen LogP) is 17.1. The van der Waals surface area contributed by atoms with Crippen LogP contribution in [0.3, 0.4) is 0 Å². The lowest BCUT2D eigenvalue weighted by Gasteiger charge is -2.66. The lowest BCUT2D eigenvalue weighted by atomic mass is 9.19. The zero-order valence-electron chi connectivity index (χ0n) is 45.5. The largest absolute Gasteiger partial charge is 0.183 e. The summed E-state index contributed by atoms with van der Waals surface area (Å²) in [6, 6.07) is 31.0.